The highest BCUT2D eigenvalue weighted by Crippen LogP contribution is 2.29. The Morgan fingerprint density at radius 3 is 2.24 bits per heavy atom. The van der Waals surface area contributed by atoms with E-state index in [-0.39, 0.29) is 5.41 Å². The van der Waals surface area contributed by atoms with E-state index in [1.54, 1.807) is 30.3 Å². The number of rotatable bonds is 2. The van der Waals surface area contributed by atoms with Crippen LogP contribution >= 0.6 is 27.5 Å². The highest BCUT2D eigenvalue weighted by Gasteiger charge is 2.15. The van der Waals surface area contributed by atoms with Crippen molar-refractivity contribution in [2.24, 2.45) is 0 Å². The molecule has 2 aromatic rings. The molecule has 0 unspecified atom stereocenters. The van der Waals surface area contributed by atoms with Crippen molar-refractivity contribution in [3.8, 4) is 5.75 Å². The highest BCUT2D eigenvalue weighted by atomic mass is 79.9. The van der Waals surface area contributed by atoms with Gasteiger partial charge < -0.3 is 4.74 Å². The Morgan fingerprint density at radius 1 is 1.10 bits per heavy atom. The van der Waals surface area contributed by atoms with E-state index in [4.69, 9.17) is 16.3 Å². The van der Waals surface area contributed by atoms with Crippen LogP contribution in [0.25, 0.3) is 0 Å². The van der Waals surface area contributed by atoms with Crippen molar-refractivity contribution in [1.82, 2.24) is 0 Å². The molecule has 0 aromatic heterocycles. The van der Waals surface area contributed by atoms with Crippen LogP contribution in [-0.2, 0) is 5.41 Å². The zero-order valence-electron chi connectivity index (χ0n) is 12.1. The molecular formula is C17H16BrClO2. The second-order valence-electron chi connectivity index (χ2n) is 5.79. The quantitative estimate of drug-likeness (QED) is 0.508. The average Bonchev–Trinajstić information content (AvgIpc) is 2.41. The summed E-state index contributed by atoms with van der Waals surface area (Å²) in [7, 11) is 0. The number of esters is 1. The van der Waals surface area contributed by atoms with Crippen LogP contribution in [0.1, 0.15) is 36.7 Å². The number of halogens is 2. The Labute approximate surface area is 138 Å². The van der Waals surface area contributed by atoms with Crippen molar-refractivity contribution in [3.63, 3.8) is 0 Å². The Bertz CT molecular complexity index is 657. The van der Waals surface area contributed by atoms with Gasteiger partial charge in [0.2, 0.25) is 0 Å². The maximum absolute atomic E-state index is 12.1. The van der Waals surface area contributed by atoms with Crippen molar-refractivity contribution in [3.05, 3.63) is 63.1 Å². The summed E-state index contributed by atoms with van der Waals surface area (Å²) in [6, 6.07) is 12.5. The lowest BCUT2D eigenvalue weighted by Gasteiger charge is -2.18. The van der Waals surface area contributed by atoms with Crippen LogP contribution < -0.4 is 4.74 Å². The molecule has 2 aromatic carbocycles. The summed E-state index contributed by atoms with van der Waals surface area (Å²) >= 11 is 9.18. The normalized spacial score (nSPS) is 11.3. The van der Waals surface area contributed by atoms with E-state index < -0.39 is 5.97 Å². The van der Waals surface area contributed by atoms with Gasteiger partial charge in [-0.2, -0.15) is 0 Å². The maximum Gasteiger partial charge on any atom is 0.343 e. The van der Waals surface area contributed by atoms with Crippen molar-refractivity contribution in [1.29, 1.82) is 0 Å². The summed E-state index contributed by atoms with van der Waals surface area (Å²) < 4.78 is 6.02. The minimum Gasteiger partial charge on any atom is -0.422 e. The van der Waals surface area contributed by atoms with Crippen molar-refractivity contribution < 1.29 is 9.53 Å². The molecule has 21 heavy (non-hydrogen) atoms. The number of carbonyl (C=O) groups excluding carboxylic acids is 1. The van der Waals surface area contributed by atoms with Gasteiger partial charge in [-0.15, -0.1) is 0 Å². The lowest BCUT2D eigenvalue weighted by Crippen LogP contribution is -2.13. The van der Waals surface area contributed by atoms with Gasteiger partial charge in [-0.05, 0) is 57.2 Å². The number of carbonyl (C=O) groups is 1. The van der Waals surface area contributed by atoms with E-state index in [1.165, 1.54) is 5.56 Å². The molecule has 0 aliphatic carbocycles. The number of benzene rings is 2. The van der Waals surface area contributed by atoms with Crippen molar-refractivity contribution in [2.75, 3.05) is 0 Å². The monoisotopic (exact) mass is 366 g/mol. The zero-order valence-corrected chi connectivity index (χ0v) is 14.5. The lowest BCUT2D eigenvalue weighted by atomic mass is 9.87. The Morgan fingerprint density at radius 2 is 1.71 bits per heavy atom. The van der Waals surface area contributed by atoms with Gasteiger partial charge in [-0.1, -0.05) is 44.5 Å². The van der Waals surface area contributed by atoms with E-state index in [9.17, 15) is 4.79 Å². The second-order valence-corrected chi connectivity index (χ2v) is 7.08. The predicted molar refractivity (Wildman–Crippen MR) is 89.3 cm³/mol. The maximum atomic E-state index is 12.1. The van der Waals surface area contributed by atoms with Gasteiger partial charge in [-0.25, -0.2) is 4.79 Å². The van der Waals surface area contributed by atoms with E-state index in [1.807, 2.05) is 12.1 Å². The molecule has 4 heteroatoms. The molecule has 0 saturated heterocycles. The van der Waals surface area contributed by atoms with E-state index in [0.717, 1.165) is 0 Å². The van der Waals surface area contributed by atoms with E-state index >= 15 is 0 Å². The zero-order chi connectivity index (χ0) is 15.6. The molecule has 0 aliphatic rings. The summed E-state index contributed by atoms with van der Waals surface area (Å²) in [5.41, 5.74) is 1.75. The number of hydrogen-bond acceptors (Lipinski definition) is 2. The summed E-state index contributed by atoms with van der Waals surface area (Å²) in [6.07, 6.45) is 0. The molecule has 0 spiro atoms. The van der Waals surface area contributed by atoms with Crippen LogP contribution in [-0.4, -0.2) is 5.97 Å². The topological polar surface area (TPSA) is 26.3 Å². The molecule has 0 atom stereocenters. The van der Waals surface area contributed by atoms with Gasteiger partial charge in [0.15, 0.2) is 0 Å². The molecule has 0 radical (unpaired) electrons. The molecule has 110 valence electrons. The van der Waals surface area contributed by atoms with Gasteiger partial charge in [-0.3, -0.25) is 0 Å². The molecule has 0 bridgehead atoms. The van der Waals surface area contributed by atoms with Crippen LogP contribution in [0.3, 0.4) is 0 Å². The molecule has 0 fully saturated rings. The van der Waals surface area contributed by atoms with Crippen molar-refractivity contribution in [2.45, 2.75) is 26.2 Å². The summed E-state index contributed by atoms with van der Waals surface area (Å²) in [5.74, 6) is 0.0581. The Balaban J connectivity index is 2.17. The standard InChI is InChI=1S/C17H16BrClO2/c1-17(2,3)12-6-4-11(5-7-12)16(20)21-15-9-8-13(19)10-14(15)18/h4-10H,1-3H3. The fourth-order valence-electron chi connectivity index (χ4n) is 1.82. The summed E-state index contributed by atoms with van der Waals surface area (Å²) in [5, 5.41) is 0.580. The molecule has 0 aliphatic heterocycles. The lowest BCUT2D eigenvalue weighted by molar-refractivity contribution is 0.0733. The molecule has 2 nitrogen and oxygen atoms in total. The number of hydrogen-bond donors (Lipinski definition) is 0. The average molecular weight is 368 g/mol. The van der Waals surface area contributed by atoms with Gasteiger partial charge >= 0.3 is 5.97 Å². The third kappa shape index (κ3) is 4.08. The molecule has 0 saturated carbocycles. The van der Waals surface area contributed by atoms with Crippen LogP contribution in [0.4, 0.5) is 0 Å². The molecule has 2 rings (SSSR count). The first-order valence-electron chi connectivity index (χ1n) is 6.55. The largest absolute Gasteiger partial charge is 0.422 e. The van der Waals surface area contributed by atoms with Crippen LogP contribution in [0.5, 0.6) is 5.75 Å². The fraction of sp³-hybridized carbons (Fsp3) is 0.235. The minimum absolute atomic E-state index is 0.0572. The fourth-order valence-corrected chi connectivity index (χ4v) is 2.59. The third-order valence-electron chi connectivity index (χ3n) is 3.08. The van der Waals surface area contributed by atoms with Crippen LogP contribution in [0, 0.1) is 0 Å². The smallest absolute Gasteiger partial charge is 0.343 e. The third-order valence-corrected chi connectivity index (χ3v) is 3.94. The molecular weight excluding hydrogens is 352 g/mol. The van der Waals surface area contributed by atoms with Gasteiger partial charge in [0, 0.05) is 5.02 Å². The van der Waals surface area contributed by atoms with E-state index in [0.29, 0.717) is 20.8 Å². The van der Waals surface area contributed by atoms with Gasteiger partial charge in [0.25, 0.3) is 0 Å². The summed E-state index contributed by atoms with van der Waals surface area (Å²) in [4.78, 5) is 12.1. The SMILES string of the molecule is CC(C)(C)c1ccc(C(=O)Oc2ccc(Cl)cc2Br)cc1. The first-order chi connectivity index (χ1) is 9.77. The molecule has 0 heterocycles. The molecule has 0 N–H and O–H groups in total. The summed E-state index contributed by atoms with van der Waals surface area (Å²) in [6.45, 7) is 6.39. The van der Waals surface area contributed by atoms with E-state index in [2.05, 4.69) is 36.7 Å². The first kappa shape index (κ1) is 16.1. The van der Waals surface area contributed by atoms with Gasteiger partial charge in [0.05, 0.1) is 10.0 Å². The van der Waals surface area contributed by atoms with Crippen LogP contribution in [0.2, 0.25) is 5.02 Å². The Hall–Kier alpha value is -1.32. The molecule has 0 amide bonds. The minimum atomic E-state index is -0.390. The first-order valence-corrected chi connectivity index (χ1v) is 7.72. The van der Waals surface area contributed by atoms with Crippen LogP contribution in [0.15, 0.2) is 46.9 Å². The Kier molecular flexibility index (Phi) is 4.74. The predicted octanol–water partition coefficient (Wildman–Crippen LogP) is 5.62. The second kappa shape index (κ2) is 6.20. The number of ether oxygens (including phenoxy) is 1. The van der Waals surface area contributed by atoms with Crippen molar-refractivity contribution >= 4 is 33.5 Å². The van der Waals surface area contributed by atoms with Gasteiger partial charge in [0.1, 0.15) is 5.75 Å². The highest BCUT2D eigenvalue weighted by molar-refractivity contribution is 9.10.